The Hall–Kier alpha value is -0.690. The van der Waals surface area contributed by atoms with Crippen LogP contribution in [0.1, 0.15) is 26.7 Å². The summed E-state index contributed by atoms with van der Waals surface area (Å²) in [6.45, 7) is 4.47. The molecule has 0 spiro atoms. The summed E-state index contributed by atoms with van der Waals surface area (Å²) in [5, 5.41) is 0.270. The van der Waals surface area contributed by atoms with Crippen molar-refractivity contribution in [3.63, 3.8) is 0 Å². The Bertz CT molecular complexity index is 543. The second-order valence-corrected chi connectivity index (χ2v) is 7.34. The van der Waals surface area contributed by atoms with Crippen molar-refractivity contribution in [2.45, 2.75) is 43.2 Å². The highest BCUT2D eigenvalue weighted by Crippen LogP contribution is 2.25. The Balaban J connectivity index is 2.11. The van der Waals surface area contributed by atoms with Crippen LogP contribution in [0.3, 0.4) is 0 Å². The third-order valence-electron chi connectivity index (χ3n) is 3.03. The molecule has 1 aromatic rings. The smallest absolute Gasteiger partial charge is 0.242 e. The normalized spacial score (nSPS) is 23.2. The molecule has 0 aromatic carbocycles. The number of aromatic nitrogens is 1. The fourth-order valence-electron chi connectivity index (χ4n) is 2.14. The molecule has 7 heteroatoms. The van der Waals surface area contributed by atoms with Gasteiger partial charge in [-0.3, -0.25) is 0 Å². The Morgan fingerprint density at radius 3 is 2.79 bits per heavy atom. The van der Waals surface area contributed by atoms with Crippen LogP contribution in [-0.2, 0) is 14.8 Å². The fourth-order valence-corrected chi connectivity index (χ4v) is 3.47. The van der Waals surface area contributed by atoms with Crippen LogP contribution in [0.15, 0.2) is 23.2 Å². The number of sulfonamides is 1. The molecule has 106 valence electrons. The minimum atomic E-state index is -3.55. The average Bonchev–Trinajstić information content (AvgIpc) is 2.27. The van der Waals surface area contributed by atoms with Crippen LogP contribution >= 0.6 is 11.6 Å². The van der Waals surface area contributed by atoms with Gasteiger partial charge < -0.3 is 4.74 Å². The lowest BCUT2D eigenvalue weighted by Gasteiger charge is -2.35. The quantitative estimate of drug-likeness (QED) is 0.867. The highest BCUT2D eigenvalue weighted by atomic mass is 35.5. The van der Waals surface area contributed by atoms with Crippen LogP contribution in [0, 0.1) is 0 Å². The van der Waals surface area contributed by atoms with Crippen LogP contribution < -0.4 is 4.72 Å². The van der Waals surface area contributed by atoms with Gasteiger partial charge in [0.1, 0.15) is 10.0 Å². The van der Waals surface area contributed by atoms with E-state index in [0.717, 1.165) is 0 Å². The number of hydrogen-bond donors (Lipinski definition) is 1. The van der Waals surface area contributed by atoms with Crippen LogP contribution in [0.25, 0.3) is 0 Å². The van der Waals surface area contributed by atoms with Crippen molar-refractivity contribution in [1.82, 2.24) is 9.71 Å². The first kappa shape index (κ1) is 14.7. The molecule has 2 rings (SSSR count). The molecule has 0 bridgehead atoms. The van der Waals surface area contributed by atoms with E-state index in [0.29, 0.717) is 19.4 Å². The maximum atomic E-state index is 12.2. The molecule has 2 heterocycles. The van der Waals surface area contributed by atoms with Gasteiger partial charge in [0.25, 0.3) is 0 Å². The van der Waals surface area contributed by atoms with Gasteiger partial charge in [-0.1, -0.05) is 11.6 Å². The standard InChI is InChI=1S/C12H17ClN2O3S/c1-12(2)7-9(5-6-18-12)15-19(16,17)10-3-4-11(13)14-8-10/h3-4,8-9,15H,5-7H2,1-2H3. The average molecular weight is 305 g/mol. The van der Waals surface area contributed by atoms with Crippen LogP contribution in [0.2, 0.25) is 5.15 Å². The number of nitrogens with zero attached hydrogens (tertiary/aromatic N) is 1. The predicted molar refractivity (Wildman–Crippen MR) is 72.6 cm³/mol. The molecule has 5 nitrogen and oxygen atoms in total. The molecule has 1 N–H and O–H groups in total. The van der Waals surface area contributed by atoms with Gasteiger partial charge in [-0.05, 0) is 38.8 Å². The summed E-state index contributed by atoms with van der Waals surface area (Å²) in [5.41, 5.74) is -0.302. The SMILES string of the molecule is CC1(C)CC(NS(=O)(=O)c2ccc(Cl)nc2)CCO1. The lowest BCUT2D eigenvalue weighted by Crippen LogP contribution is -2.45. The van der Waals surface area contributed by atoms with Crippen molar-refractivity contribution >= 4 is 21.6 Å². The molecule has 1 saturated heterocycles. The van der Waals surface area contributed by atoms with E-state index >= 15 is 0 Å². The Morgan fingerprint density at radius 1 is 1.47 bits per heavy atom. The van der Waals surface area contributed by atoms with E-state index in [2.05, 4.69) is 9.71 Å². The van der Waals surface area contributed by atoms with Crippen molar-refractivity contribution in [1.29, 1.82) is 0 Å². The second-order valence-electron chi connectivity index (χ2n) is 5.24. The van der Waals surface area contributed by atoms with Crippen molar-refractivity contribution in [2.24, 2.45) is 0 Å². The minimum absolute atomic E-state index is 0.121. The maximum absolute atomic E-state index is 12.2. The lowest BCUT2D eigenvalue weighted by atomic mass is 9.95. The number of halogens is 1. The monoisotopic (exact) mass is 304 g/mol. The van der Waals surface area contributed by atoms with E-state index < -0.39 is 10.0 Å². The third kappa shape index (κ3) is 3.89. The summed E-state index contributed by atoms with van der Waals surface area (Å²) in [6, 6.07) is 2.79. The Labute approximate surface area is 118 Å². The van der Waals surface area contributed by atoms with E-state index in [1.54, 1.807) is 0 Å². The second kappa shape index (κ2) is 5.36. The van der Waals surface area contributed by atoms with E-state index in [4.69, 9.17) is 16.3 Å². The first-order valence-electron chi connectivity index (χ1n) is 6.06. The zero-order valence-electron chi connectivity index (χ0n) is 10.9. The molecule has 1 fully saturated rings. The third-order valence-corrected chi connectivity index (χ3v) is 4.76. The maximum Gasteiger partial charge on any atom is 0.242 e. The van der Waals surface area contributed by atoms with E-state index in [1.807, 2.05) is 13.8 Å². The van der Waals surface area contributed by atoms with Gasteiger partial charge in [-0.25, -0.2) is 18.1 Å². The zero-order valence-corrected chi connectivity index (χ0v) is 12.5. The van der Waals surface area contributed by atoms with E-state index in [-0.39, 0.29) is 21.7 Å². The molecular formula is C12H17ClN2O3S. The number of nitrogens with one attached hydrogen (secondary N) is 1. The molecule has 0 radical (unpaired) electrons. The van der Waals surface area contributed by atoms with Gasteiger partial charge in [0.05, 0.1) is 5.60 Å². The van der Waals surface area contributed by atoms with Crippen molar-refractivity contribution in [3.8, 4) is 0 Å². The molecular weight excluding hydrogens is 288 g/mol. The van der Waals surface area contributed by atoms with Gasteiger partial charge >= 0.3 is 0 Å². The highest BCUT2D eigenvalue weighted by Gasteiger charge is 2.31. The van der Waals surface area contributed by atoms with Crippen LogP contribution in [-0.4, -0.2) is 31.7 Å². The number of hydrogen-bond acceptors (Lipinski definition) is 4. The van der Waals surface area contributed by atoms with Crippen molar-refractivity contribution < 1.29 is 13.2 Å². The van der Waals surface area contributed by atoms with Crippen molar-refractivity contribution in [2.75, 3.05) is 6.61 Å². The van der Waals surface area contributed by atoms with Gasteiger partial charge in [0.2, 0.25) is 10.0 Å². The van der Waals surface area contributed by atoms with Crippen molar-refractivity contribution in [3.05, 3.63) is 23.5 Å². The molecule has 0 aliphatic carbocycles. The first-order valence-corrected chi connectivity index (χ1v) is 7.92. The van der Waals surface area contributed by atoms with Crippen LogP contribution in [0.4, 0.5) is 0 Å². The van der Waals surface area contributed by atoms with Gasteiger partial charge in [0, 0.05) is 18.8 Å². The van der Waals surface area contributed by atoms with E-state index in [1.165, 1.54) is 18.3 Å². The summed E-state index contributed by atoms with van der Waals surface area (Å²) in [6.07, 6.45) is 2.58. The van der Waals surface area contributed by atoms with Gasteiger partial charge in [-0.2, -0.15) is 0 Å². The number of ether oxygens (including phenoxy) is 1. The largest absolute Gasteiger partial charge is 0.375 e. The van der Waals surface area contributed by atoms with Gasteiger partial charge in [-0.15, -0.1) is 0 Å². The van der Waals surface area contributed by atoms with Crippen LogP contribution in [0.5, 0.6) is 0 Å². The zero-order chi connectivity index (χ0) is 14.1. The molecule has 19 heavy (non-hydrogen) atoms. The van der Waals surface area contributed by atoms with Gasteiger partial charge in [0.15, 0.2) is 0 Å². The fraction of sp³-hybridized carbons (Fsp3) is 0.583. The summed E-state index contributed by atoms with van der Waals surface area (Å²) in [5.74, 6) is 0. The molecule has 1 aliphatic rings. The Kier molecular flexibility index (Phi) is 4.15. The minimum Gasteiger partial charge on any atom is -0.375 e. The molecule has 1 aliphatic heterocycles. The highest BCUT2D eigenvalue weighted by molar-refractivity contribution is 7.89. The van der Waals surface area contributed by atoms with E-state index in [9.17, 15) is 8.42 Å². The summed E-state index contributed by atoms with van der Waals surface area (Å²) >= 11 is 5.65. The number of rotatable bonds is 3. The topological polar surface area (TPSA) is 68.3 Å². The summed E-state index contributed by atoms with van der Waals surface area (Å²) in [7, 11) is -3.55. The molecule has 0 amide bonds. The Morgan fingerprint density at radius 2 is 2.21 bits per heavy atom. The first-order chi connectivity index (χ1) is 8.78. The summed E-state index contributed by atoms with van der Waals surface area (Å²) in [4.78, 5) is 3.91. The summed E-state index contributed by atoms with van der Waals surface area (Å²) < 4.78 is 32.6. The lowest BCUT2D eigenvalue weighted by molar-refractivity contribution is -0.0599. The molecule has 1 aromatic heterocycles. The molecule has 0 saturated carbocycles. The number of pyridine rings is 1. The molecule has 1 atom stereocenters. The predicted octanol–water partition coefficient (Wildman–Crippen LogP) is 1.97. The molecule has 1 unspecified atom stereocenters.